The highest BCUT2D eigenvalue weighted by molar-refractivity contribution is 6.01. The molecule has 2 aliphatic rings. The molecule has 1 aromatic carbocycles. The number of hydrogen-bond acceptors (Lipinski definition) is 2. The molecule has 0 saturated carbocycles. The van der Waals surface area contributed by atoms with Crippen LogP contribution in [-0.4, -0.2) is 49.4 Å². The fourth-order valence-corrected chi connectivity index (χ4v) is 2.89. The second-order valence-electron chi connectivity index (χ2n) is 5.31. The average Bonchev–Trinajstić information content (AvgIpc) is 2.81. The fraction of sp³-hybridized carbons (Fsp3) is 0.429. The van der Waals surface area contributed by atoms with Crippen LogP contribution < -0.4 is 4.90 Å². The van der Waals surface area contributed by atoms with E-state index in [1.165, 1.54) is 0 Å². The molecule has 0 aromatic heterocycles. The van der Waals surface area contributed by atoms with Crippen molar-refractivity contribution in [3.05, 3.63) is 29.3 Å². The third-order valence-electron chi connectivity index (χ3n) is 4.11. The minimum absolute atomic E-state index is 0.0405. The van der Waals surface area contributed by atoms with Crippen molar-refractivity contribution < 1.29 is 9.59 Å². The molecule has 0 aliphatic carbocycles. The predicted molar refractivity (Wildman–Crippen MR) is 72.1 cm³/mol. The first kappa shape index (κ1) is 12.0. The molecule has 1 unspecified atom stereocenters. The molecule has 0 radical (unpaired) electrons. The number of likely N-dealkylation sites (N-methyl/N-ethyl adjacent to an activating group) is 3. The monoisotopic (exact) mass is 259 g/mol. The number of amides is 3. The zero-order valence-electron chi connectivity index (χ0n) is 11.4. The maximum absolute atomic E-state index is 11.8. The van der Waals surface area contributed by atoms with Gasteiger partial charge in [-0.2, -0.15) is 0 Å². The molecule has 0 spiro atoms. The van der Waals surface area contributed by atoms with Crippen LogP contribution in [0, 0.1) is 0 Å². The van der Waals surface area contributed by atoms with Crippen molar-refractivity contribution in [1.29, 1.82) is 0 Å². The summed E-state index contributed by atoms with van der Waals surface area (Å²) in [7, 11) is 5.43. The zero-order valence-corrected chi connectivity index (χ0v) is 11.4. The van der Waals surface area contributed by atoms with E-state index in [0.29, 0.717) is 13.0 Å². The summed E-state index contributed by atoms with van der Waals surface area (Å²) in [4.78, 5) is 28.7. The lowest BCUT2D eigenvalue weighted by Gasteiger charge is -2.19. The highest BCUT2D eigenvalue weighted by atomic mass is 16.2. The van der Waals surface area contributed by atoms with Crippen LogP contribution in [0.4, 0.5) is 10.5 Å². The summed E-state index contributed by atoms with van der Waals surface area (Å²) in [6.45, 7) is 0.692. The molecule has 100 valence electrons. The van der Waals surface area contributed by atoms with E-state index >= 15 is 0 Å². The topological polar surface area (TPSA) is 43.9 Å². The smallest absolute Gasteiger partial charge is 0.320 e. The van der Waals surface area contributed by atoms with Crippen molar-refractivity contribution in [1.82, 2.24) is 9.80 Å². The fourth-order valence-electron chi connectivity index (χ4n) is 2.89. The van der Waals surface area contributed by atoms with Gasteiger partial charge in [-0.05, 0) is 17.2 Å². The van der Waals surface area contributed by atoms with Crippen molar-refractivity contribution in [2.24, 2.45) is 0 Å². The highest BCUT2D eigenvalue weighted by Crippen LogP contribution is 2.33. The van der Waals surface area contributed by atoms with Crippen LogP contribution in [0.15, 0.2) is 18.2 Å². The number of carbonyl (C=O) groups is 2. The lowest BCUT2D eigenvalue weighted by Crippen LogP contribution is -2.26. The van der Waals surface area contributed by atoms with E-state index in [-0.39, 0.29) is 18.0 Å². The van der Waals surface area contributed by atoms with Gasteiger partial charge in [0.05, 0.1) is 12.5 Å². The van der Waals surface area contributed by atoms with Crippen molar-refractivity contribution in [3.63, 3.8) is 0 Å². The molecule has 5 heteroatoms. The van der Waals surface area contributed by atoms with E-state index in [9.17, 15) is 9.59 Å². The van der Waals surface area contributed by atoms with Crippen LogP contribution in [0.25, 0.3) is 0 Å². The Morgan fingerprint density at radius 2 is 1.89 bits per heavy atom. The summed E-state index contributed by atoms with van der Waals surface area (Å²) >= 11 is 0. The molecule has 2 aliphatic heterocycles. The number of fused-ring (bicyclic) bond motifs is 1. The minimum Gasteiger partial charge on any atom is -0.325 e. The Balaban J connectivity index is 1.95. The van der Waals surface area contributed by atoms with Crippen molar-refractivity contribution >= 4 is 17.6 Å². The van der Waals surface area contributed by atoms with Crippen LogP contribution in [0.3, 0.4) is 0 Å². The van der Waals surface area contributed by atoms with Gasteiger partial charge >= 0.3 is 6.03 Å². The number of nitrogens with zero attached hydrogens (tertiary/aromatic N) is 3. The van der Waals surface area contributed by atoms with E-state index in [0.717, 1.165) is 16.8 Å². The average molecular weight is 259 g/mol. The van der Waals surface area contributed by atoms with E-state index < -0.39 is 0 Å². The molecular weight excluding hydrogens is 242 g/mol. The highest BCUT2D eigenvalue weighted by Gasteiger charge is 2.34. The van der Waals surface area contributed by atoms with Gasteiger partial charge in [-0.1, -0.05) is 12.1 Å². The maximum atomic E-state index is 11.8. The number of anilines is 1. The van der Waals surface area contributed by atoms with Crippen molar-refractivity contribution in [2.75, 3.05) is 32.6 Å². The summed E-state index contributed by atoms with van der Waals surface area (Å²) in [5, 5.41) is 0. The Hall–Kier alpha value is -2.04. The molecule has 1 fully saturated rings. The Morgan fingerprint density at radius 1 is 1.16 bits per heavy atom. The Kier molecular flexibility index (Phi) is 2.52. The summed E-state index contributed by atoms with van der Waals surface area (Å²) in [5.74, 6) is 0.125. The first-order valence-corrected chi connectivity index (χ1v) is 6.36. The summed E-state index contributed by atoms with van der Waals surface area (Å²) in [5.41, 5.74) is 3.14. The second kappa shape index (κ2) is 3.98. The van der Waals surface area contributed by atoms with Crippen LogP contribution >= 0.6 is 0 Å². The molecule has 0 N–H and O–H groups in total. The third-order valence-corrected chi connectivity index (χ3v) is 4.11. The standard InChI is InChI=1S/C14H17N3O2/c1-15-8-12(17(3)14(15)19)9-4-5-11-10(6-9)7-13(18)16(11)2/h4-6,12H,7-8H2,1-3H3. The first-order chi connectivity index (χ1) is 8.99. The summed E-state index contributed by atoms with van der Waals surface area (Å²) in [6, 6.07) is 6.17. The molecule has 2 heterocycles. The number of urea groups is 1. The van der Waals surface area contributed by atoms with Crippen molar-refractivity contribution in [2.45, 2.75) is 12.5 Å². The van der Waals surface area contributed by atoms with E-state index in [1.807, 2.05) is 26.2 Å². The molecular formula is C14H17N3O2. The number of hydrogen-bond donors (Lipinski definition) is 0. The second-order valence-corrected chi connectivity index (χ2v) is 5.31. The van der Waals surface area contributed by atoms with Gasteiger partial charge in [-0.25, -0.2) is 4.79 Å². The van der Waals surface area contributed by atoms with Gasteiger partial charge in [-0.15, -0.1) is 0 Å². The molecule has 1 saturated heterocycles. The van der Waals surface area contributed by atoms with Gasteiger partial charge in [0.1, 0.15) is 0 Å². The van der Waals surface area contributed by atoms with Gasteiger partial charge in [0.25, 0.3) is 0 Å². The van der Waals surface area contributed by atoms with Gasteiger partial charge in [0, 0.05) is 33.4 Å². The van der Waals surface area contributed by atoms with Gasteiger partial charge in [0.2, 0.25) is 5.91 Å². The Morgan fingerprint density at radius 3 is 2.53 bits per heavy atom. The normalized spacial score (nSPS) is 22.5. The Labute approximate surface area is 112 Å². The summed E-state index contributed by atoms with van der Waals surface area (Å²) < 4.78 is 0. The van der Waals surface area contributed by atoms with Gasteiger partial charge in [0.15, 0.2) is 0 Å². The minimum atomic E-state index is 0.0405. The van der Waals surface area contributed by atoms with E-state index in [2.05, 4.69) is 6.07 Å². The molecule has 19 heavy (non-hydrogen) atoms. The van der Waals surface area contributed by atoms with Crippen LogP contribution in [-0.2, 0) is 11.2 Å². The molecule has 1 aromatic rings. The number of carbonyl (C=O) groups excluding carboxylic acids is 2. The van der Waals surface area contributed by atoms with Crippen LogP contribution in [0.2, 0.25) is 0 Å². The molecule has 5 nitrogen and oxygen atoms in total. The number of benzene rings is 1. The molecule has 3 amide bonds. The molecule has 3 rings (SSSR count). The molecule has 1 atom stereocenters. The van der Waals surface area contributed by atoms with Crippen LogP contribution in [0.5, 0.6) is 0 Å². The lowest BCUT2D eigenvalue weighted by molar-refractivity contribution is -0.117. The summed E-state index contributed by atoms with van der Waals surface area (Å²) in [6.07, 6.45) is 0.458. The maximum Gasteiger partial charge on any atom is 0.320 e. The molecule has 0 bridgehead atoms. The number of rotatable bonds is 1. The third kappa shape index (κ3) is 1.69. The predicted octanol–water partition coefficient (Wildman–Crippen LogP) is 1.24. The SMILES string of the molecule is CN1CC(c2ccc3c(c2)CC(=O)N3C)N(C)C1=O. The zero-order chi connectivity index (χ0) is 13.7. The lowest BCUT2D eigenvalue weighted by atomic mass is 10.0. The van der Waals surface area contributed by atoms with Gasteiger partial charge < -0.3 is 14.7 Å². The largest absolute Gasteiger partial charge is 0.325 e. The quantitative estimate of drug-likeness (QED) is 0.761. The van der Waals surface area contributed by atoms with E-state index in [4.69, 9.17) is 0 Å². The van der Waals surface area contributed by atoms with Crippen LogP contribution in [0.1, 0.15) is 17.2 Å². The first-order valence-electron chi connectivity index (χ1n) is 6.36. The van der Waals surface area contributed by atoms with Crippen molar-refractivity contribution in [3.8, 4) is 0 Å². The van der Waals surface area contributed by atoms with Gasteiger partial charge in [-0.3, -0.25) is 4.79 Å². The Bertz CT molecular complexity index is 570. The van der Waals surface area contributed by atoms with E-state index in [1.54, 1.807) is 21.7 Å².